The first-order valence-electron chi connectivity index (χ1n) is 11.9. The molecule has 190 valence electrons. The molecule has 1 saturated carbocycles. The van der Waals surface area contributed by atoms with E-state index in [2.05, 4.69) is 15.2 Å². The van der Waals surface area contributed by atoms with Crippen LogP contribution < -0.4 is 0 Å². The van der Waals surface area contributed by atoms with E-state index in [0.717, 1.165) is 30.5 Å². The Kier molecular flexibility index (Phi) is 9.89. The van der Waals surface area contributed by atoms with Crippen LogP contribution in [-0.2, 0) is 20.9 Å². The first-order valence-corrected chi connectivity index (χ1v) is 12.4. The van der Waals surface area contributed by atoms with Crippen molar-refractivity contribution in [3.8, 4) is 0 Å². The number of hydrogen-bond acceptors (Lipinski definition) is 7. The minimum atomic E-state index is -0.592. The van der Waals surface area contributed by atoms with Gasteiger partial charge in [-0.25, -0.2) is 9.07 Å². The third-order valence-electron chi connectivity index (χ3n) is 6.35. The molecule has 2 heterocycles. The van der Waals surface area contributed by atoms with Crippen LogP contribution in [0, 0.1) is 11.7 Å². The monoisotopic (exact) mass is 522 g/mol. The van der Waals surface area contributed by atoms with Gasteiger partial charge in [0.05, 0.1) is 24.5 Å². The Morgan fingerprint density at radius 3 is 2.77 bits per heavy atom. The molecule has 0 amide bonds. The lowest BCUT2D eigenvalue weighted by atomic mass is 9.93. The van der Waals surface area contributed by atoms with Gasteiger partial charge in [-0.3, -0.25) is 14.5 Å². The van der Waals surface area contributed by atoms with Crippen molar-refractivity contribution >= 4 is 42.9 Å². The highest BCUT2D eigenvalue weighted by Crippen LogP contribution is 2.39. The summed E-state index contributed by atoms with van der Waals surface area (Å²) in [5, 5.41) is 8.20. The molecule has 1 aliphatic heterocycles. The number of esters is 1. The smallest absolute Gasteiger partial charge is 0.305 e. The Morgan fingerprint density at radius 2 is 2.06 bits per heavy atom. The predicted octanol–water partition coefficient (Wildman–Crippen LogP) is 4.29. The summed E-state index contributed by atoms with van der Waals surface area (Å²) >= 11 is 4.78. The number of likely N-dealkylation sites (tertiary alicyclic amines) is 1. The van der Waals surface area contributed by atoms with Crippen molar-refractivity contribution in [2.45, 2.75) is 56.9 Å². The van der Waals surface area contributed by atoms with E-state index >= 15 is 0 Å². The lowest BCUT2D eigenvalue weighted by molar-refractivity contribution is -0.143. The molecule has 35 heavy (non-hydrogen) atoms. The van der Waals surface area contributed by atoms with Crippen LogP contribution in [0.1, 0.15) is 56.3 Å². The number of Topliss-reactive ketones (excluding diaryl/α,β-unsaturated/α-hetero) is 1. The molecule has 2 unspecified atom stereocenters. The number of aromatic nitrogens is 3. The van der Waals surface area contributed by atoms with Gasteiger partial charge in [-0.2, -0.15) is 12.6 Å². The fourth-order valence-corrected chi connectivity index (χ4v) is 4.69. The molecule has 1 aliphatic carbocycles. The summed E-state index contributed by atoms with van der Waals surface area (Å²) in [5.41, 5.74) is 2.30. The molecule has 10 heteroatoms. The number of nitrogens with zero attached hydrogens (tertiary/aromatic N) is 4. The van der Waals surface area contributed by atoms with E-state index < -0.39 is 6.04 Å². The first kappa shape index (κ1) is 27.4. The van der Waals surface area contributed by atoms with Gasteiger partial charge in [-0.15, -0.1) is 17.5 Å². The number of aryl methyl sites for hydroxylation is 1. The molecule has 0 N–H and O–H groups in total. The number of thiol groups is 1. The summed E-state index contributed by atoms with van der Waals surface area (Å²) in [6.45, 7) is 3.88. The van der Waals surface area contributed by atoms with Crippen molar-refractivity contribution < 1.29 is 18.7 Å². The van der Waals surface area contributed by atoms with Crippen molar-refractivity contribution in [2.24, 2.45) is 5.92 Å². The van der Waals surface area contributed by atoms with E-state index in [9.17, 15) is 14.0 Å². The summed E-state index contributed by atoms with van der Waals surface area (Å²) in [5.74, 6) is -0.437. The Bertz CT molecular complexity index is 1060. The second-order valence-electron chi connectivity index (χ2n) is 8.89. The van der Waals surface area contributed by atoms with Gasteiger partial charge in [0, 0.05) is 42.8 Å². The third-order valence-corrected chi connectivity index (χ3v) is 6.94. The number of hydrogen-bond donors (Lipinski definition) is 1. The van der Waals surface area contributed by atoms with Crippen LogP contribution >= 0.6 is 25.0 Å². The Labute approximate surface area is 216 Å². The van der Waals surface area contributed by atoms with Crippen LogP contribution in [0.25, 0.3) is 6.08 Å². The molecular formula is C25H32ClFN4O3S. The van der Waals surface area contributed by atoms with Crippen molar-refractivity contribution in [2.75, 3.05) is 19.7 Å². The van der Waals surface area contributed by atoms with Crippen LogP contribution in [0.15, 0.2) is 36.0 Å². The number of ether oxygens (including phenoxy) is 1. The fourth-order valence-electron chi connectivity index (χ4n) is 4.42. The molecule has 2 aromatic rings. The minimum absolute atomic E-state index is 0. The van der Waals surface area contributed by atoms with E-state index in [4.69, 9.17) is 17.4 Å². The van der Waals surface area contributed by atoms with Crippen LogP contribution in [0.2, 0.25) is 0 Å². The van der Waals surface area contributed by atoms with Crippen LogP contribution in [0.4, 0.5) is 4.39 Å². The highest BCUT2D eigenvalue weighted by Gasteiger charge is 2.40. The van der Waals surface area contributed by atoms with E-state index in [0.29, 0.717) is 44.6 Å². The van der Waals surface area contributed by atoms with Gasteiger partial charge < -0.3 is 4.74 Å². The summed E-state index contributed by atoms with van der Waals surface area (Å²) in [6.07, 6.45) is 7.12. The summed E-state index contributed by atoms with van der Waals surface area (Å²) in [4.78, 5) is 26.9. The fraction of sp³-hybridized carbons (Fsp3) is 0.520. The predicted molar refractivity (Wildman–Crippen MR) is 137 cm³/mol. The SMILES string of the molecule is CCOC(=O)CCCn1nncc1/C=C1/CN(C(C(=O)C2CC2)c2ccccc2F)CCC1S.Cl. The zero-order chi connectivity index (χ0) is 24.1. The summed E-state index contributed by atoms with van der Waals surface area (Å²) in [6, 6.07) is 5.99. The average Bonchev–Trinajstić information content (AvgIpc) is 3.58. The Morgan fingerprint density at radius 1 is 1.29 bits per heavy atom. The van der Waals surface area contributed by atoms with Crippen LogP contribution in [0.5, 0.6) is 0 Å². The van der Waals surface area contributed by atoms with E-state index in [1.165, 1.54) is 6.07 Å². The number of piperidine rings is 1. The van der Waals surface area contributed by atoms with Crippen molar-refractivity contribution in [3.63, 3.8) is 0 Å². The number of carbonyl (C=O) groups excluding carboxylic acids is 2. The minimum Gasteiger partial charge on any atom is -0.466 e. The molecule has 2 aliphatic rings. The van der Waals surface area contributed by atoms with E-state index in [1.54, 1.807) is 36.0 Å². The topological polar surface area (TPSA) is 77.3 Å². The number of carbonyl (C=O) groups is 2. The molecule has 0 radical (unpaired) electrons. The van der Waals surface area contributed by atoms with Crippen molar-refractivity contribution in [3.05, 3.63) is 53.1 Å². The quantitative estimate of drug-likeness (QED) is 0.370. The van der Waals surface area contributed by atoms with Gasteiger partial charge in [0.15, 0.2) is 5.78 Å². The van der Waals surface area contributed by atoms with Crippen LogP contribution in [-0.4, -0.2) is 56.6 Å². The number of ketones is 1. The molecule has 7 nitrogen and oxygen atoms in total. The van der Waals surface area contributed by atoms with Gasteiger partial charge in [0.25, 0.3) is 0 Å². The van der Waals surface area contributed by atoms with Gasteiger partial charge in [0.1, 0.15) is 5.82 Å². The van der Waals surface area contributed by atoms with Crippen molar-refractivity contribution in [1.82, 2.24) is 19.9 Å². The second-order valence-corrected chi connectivity index (χ2v) is 9.51. The lowest BCUT2D eigenvalue weighted by Gasteiger charge is -2.37. The standard InChI is InChI=1S/C25H31FN4O3S.ClH/c1-2-33-23(31)8-5-12-30-19(15-27-28-30)14-18-16-29(13-11-22(18)34)24(25(32)17-9-10-17)20-6-3-4-7-21(20)26;/h3-4,6-7,14-15,17,22,24,34H,2,5,8-13,16H2,1H3;1H/b18-14-;. The molecular weight excluding hydrogens is 491 g/mol. The maximum absolute atomic E-state index is 14.7. The molecule has 1 aromatic carbocycles. The number of rotatable bonds is 10. The number of halogens is 2. The Balaban J connectivity index is 0.00000342. The van der Waals surface area contributed by atoms with Crippen molar-refractivity contribution in [1.29, 1.82) is 0 Å². The largest absolute Gasteiger partial charge is 0.466 e. The second kappa shape index (κ2) is 12.6. The Hall–Kier alpha value is -2.23. The molecule has 2 atom stereocenters. The number of benzene rings is 1. The van der Waals surface area contributed by atoms with Gasteiger partial charge in [0.2, 0.25) is 0 Å². The van der Waals surface area contributed by atoms with Gasteiger partial charge in [-0.05, 0) is 50.3 Å². The average molecular weight is 523 g/mol. The molecule has 1 saturated heterocycles. The molecule has 0 bridgehead atoms. The normalized spacial score (nSPS) is 20.3. The summed E-state index contributed by atoms with van der Waals surface area (Å²) < 4.78 is 21.5. The van der Waals surface area contributed by atoms with E-state index in [1.807, 2.05) is 6.08 Å². The molecule has 0 spiro atoms. The lowest BCUT2D eigenvalue weighted by Crippen LogP contribution is -2.42. The van der Waals surface area contributed by atoms with E-state index in [-0.39, 0.29) is 41.1 Å². The third kappa shape index (κ3) is 6.92. The zero-order valence-electron chi connectivity index (χ0n) is 19.8. The highest BCUT2D eigenvalue weighted by molar-refractivity contribution is 7.81. The zero-order valence-corrected chi connectivity index (χ0v) is 21.5. The molecule has 4 rings (SSSR count). The molecule has 2 fully saturated rings. The van der Waals surface area contributed by atoms with Gasteiger partial charge >= 0.3 is 5.97 Å². The van der Waals surface area contributed by atoms with Crippen LogP contribution in [0.3, 0.4) is 0 Å². The highest BCUT2D eigenvalue weighted by atomic mass is 35.5. The maximum atomic E-state index is 14.7. The molecule has 1 aromatic heterocycles. The first-order chi connectivity index (χ1) is 16.5. The van der Waals surface area contributed by atoms with Gasteiger partial charge in [-0.1, -0.05) is 23.4 Å². The maximum Gasteiger partial charge on any atom is 0.305 e. The summed E-state index contributed by atoms with van der Waals surface area (Å²) in [7, 11) is 0.